The Morgan fingerprint density at radius 1 is 1.07 bits per heavy atom. The van der Waals surface area contributed by atoms with Crippen molar-refractivity contribution in [1.29, 1.82) is 0 Å². The van der Waals surface area contributed by atoms with E-state index in [0.717, 1.165) is 44.3 Å². The number of rotatable bonds is 3. The lowest BCUT2D eigenvalue weighted by atomic mass is 9.81. The van der Waals surface area contributed by atoms with E-state index in [4.69, 9.17) is 4.74 Å². The van der Waals surface area contributed by atoms with E-state index < -0.39 is 12.2 Å². The highest BCUT2D eigenvalue weighted by Gasteiger charge is 2.43. The Kier molecular flexibility index (Phi) is 4.77. The normalized spacial score (nSPS) is 24.0. The molecule has 0 unspecified atom stereocenters. The zero-order chi connectivity index (χ0) is 20.0. The highest BCUT2D eigenvalue weighted by Crippen LogP contribution is 2.45. The van der Waals surface area contributed by atoms with E-state index in [2.05, 4.69) is 23.1 Å². The first-order valence-corrected chi connectivity index (χ1v) is 10.7. The summed E-state index contributed by atoms with van der Waals surface area (Å²) in [4.78, 5) is 2.30. The van der Waals surface area contributed by atoms with Gasteiger partial charge in [-0.3, -0.25) is 0 Å². The first kappa shape index (κ1) is 18.9. The van der Waals surface area contributed by atoms with Crippen molar-refractivity contribution in [1.82, 2.24) is 4.90 Å². The number of hydrogen-bond acceptors (Lipinski definition) is 5. The second-order valence-electron chi connectivity index (χ2n) is 8.93. The van der Waals surface area contributed by atoms with Crippen LogP contribution in [0.3, 0.4) is 0 Å². The summed E-state index contributed by atoms with van der Waals surface area (Å²) in [5.41, 5.74) is 4.16. The van der Waals surface area contributed by atoms with Gasteiger partial charge in [0.25, 0.3) is 0 Å². The van der Waals surface area contributed by atoms with Gasteiger partial charge >= 0.3 is 0 Å². The lowest BCUT2D eigenvalue weighted by Crippen LogP contribution is -2.51. The molecule has 0 aromatic heterocycles. The van der Waals surface area contributed by atoms with E-state index in [0.29, 0.717) is 24.3 Å². The fourth-order valence-corrected chi connectivity index (χ4v) is 5.22. The molecule has 0 amide bonds. The lowest BCUT2D eigenvalue weighted by Gasteiger charge is -2.46. The molecule has 5 nitrogen and oxygen atoms in total. The van der Waals surface area contributed by atoms with Crippen LogP contribution in [0.15, 0.2) is 36.4 Å². The highest BCUT2D eigenvalue weighted by atomic mass is 16.5. The SMILES string of the molecule is Oc1ccc2c(c1)[C@@H](O)CC1(CCN(C[C@@H](O)c3ccc4c(c3)CCC4)CC1)O2. The summed E-state index contributed by atoms with van der Waals surface area (Å²) < 4.78 is 6.31. The first-order chi connectivity index (χ1) is 14.0. The van der Waals surface area contributed by atoms with Gasteiger partial charge in [0.15, 0.2) is 0 Å². The van der Waals surface area contributed by atoms with E-state index in [1.165, 1.54) is 17.5 Å². The van der Waals surface area contributed by atoms with Gasteiger partial charge in [0.2, 0.25) is 0 Å². The average Bonchev–Trinajstić information content (AvgIpc) is 3.18. The molecule has 1 aliphatic carbocycles. The first-order valence-electron chi connectivity index (χ1n) is 10.7. The van der Waals surface area contributed by atoms with Crippen molar-refractivity contribution < 1.29 is 20.1 Å². The summed E-state index contributed by atoms with van der Waals surface area (Å²) in [5.74, 6) is 0.825. The molecule has 1 spiro atoms. The van der Waals surface area contributed by atoms with Crippen LogP contribution in [0.4, 0.5) is 0 Å². The molecule has 5 heteroatoms. The van der Waals surface area contributed by atoms with Crippen LogP contribution in [0.2, 0.25) is 0 Å². The van der Waals surface area contributed by atoms with Gasteiger partial charge in [0.1, 0.15) is 17.1 Å². The zero-order valence-electron chi connectivity index (χ0n) is 16.7. The van der Waals surface area contributed by atoms with Gasteiger partial charge in [-0.15, -0.1) is 0 Å². The number of piperidine rings is 1. The number of nitrogens with zero attached hydrogens (tertiary/aromatic N) is 1. The molecule has 2 atom stereocenters. The molecule has 0 radical (unpaired) electrons. The van der Waals surface area contributed by atoms with E-state index in [1.807, 2.05) is 0 Å². The zero-order valence-corrected chi connectivity index (χ0v) is 16.7. The van der Waals surface area contributed by atoms with Crippen LogP contribution in [0.25, 0.3) is 0 Å². The summed E-state index contributed by atoms with van der Waals surface area (Å²) in [6, 6.07) is 11.4. The molecule has 0 bridgehead atoms. The smallest absolute Gasteiger partial charge is 0.126 e. The Bertz CT molecular complexity index is 904. The number of β-amino-alcohol motifs (C(OH)–C–C–N with tert-alkyl or cyclic N) is 1. The molecular weight excluding hydrogens is 366 g/mol. The molecule has 1 fully saturated rings. The predicted molar refractivity (Wildman–Crippen MR) is 110 cm³/mol. The van der Waals surface area contributed by atoms with Crippen molar-refractivity contribution in [2.24, 2.45) is 0 Å². The van der Waals surface area contributed by atoms with Gasteiger partial charge in [0.05, 0.1) is 12.2 Å². The molecule has 3 N–H and O–H groups in total. The molecule has 2 aromatic rings. The van der Waals surface area contributed by atoms with Gasteiger partial charge in [-0.2, -0.15) is 0 Å². The Morgan fingerprint density at radius 2 is 1.86 bits per heavy atom. The minimum atomic E-state index is -0.616. The van der Waals surface area contributed by atoms with Crippen LogP contribution in [0, 0.1) is 0 Å². The Balaban J connectivity index is 1.22. The third-order valence-corrected chi connectivity index (χ3v) is 6.95. The summed E-state index contributed by atoms with van der Waals surface area (Å²) in [7, 11) is 0. The van der Waals surface area contributed by atoms with Crippen LogP contribution in [-0.2, 0) is 12.8 Å². The maximum absolute atomic E-state index is 10.8. The van der Waals surface area contributed by atoms with Crippen LogP contribution in [0.1, 0.15) is 60.1 Å². The van der Waals surface area contributed by atoms with Crippen LogP contribution in [-0.4, -0.2) is 45.5 Å². The molecular formula is C24H29NO4. The van der Waals surface area contributed by atoms with Crippen molar-refractivity contribution in [2.75, 3.05) is 19.6 Å². The summed E-state index contributed by atoms with van der Waals surface area (Å²) in [6.07, 6.45) is 4.60. The second kappa shape index (κ2) is 7.31. The lowest BCUT2D eigenvalue weighted by molar-refractivity contribution is -0.0588. The number of aromatic hydroxyl groups is 1. The molecule has 3 aliphatic rings. The summed E-state index contributed by atoms with van der Waals surface area (Å²) in [5, 5.41) is 31.0. The number of phenolic OH excluding ortho intramolecular Hbond substituents is 1. The van der Waals surface area contributed by atoms with Gasteiger partial charge < -0.3 is 25.0 Å². The second-order valence-corrected chi connectivity index (χ2v) is 8.93. The fourth-order valence-electron chi connectivity index (χ4n) is 5.22. The number of phenols is 1. The number of benzene rings is 2. The van der Waals surface area contributed by atoms with E-state index in [9.17, 15) is 15.3 Å². The number of fused-ring (bicyclic) bond motifs is 2. The summed E-state index contributed by atoms with van der Waals surface area (Å²) >= 11 is 0. The topological polar surface area (TPSA) is 73.2 Å². The molecule has 2 aliphatic heterocycles. The van der Waals surface area contributed by atoms with Crippen molar-refractivity contribution in [3.05, 3.63) is 58.7 Å². The van der Waals surface area contributed by atoms with Crippen molar-refractivity contribution in [2.45, 2.75) is 56.3 Å². The van der Waals surface area contributed by atoms with Crippen molar-refractivity contribution in [3.63, 3.8) is 0 Å². The number of hydrogen-bond donors (Lipinski definition) is 3. The van der Waals surface area contributed by atoms with Crippen LogP contribution >= 0.6 is 0 Å². The van der Waals surface area contributed by atoms with Crippen molar-refractivity contribution >= 4 is 0 Å². The number of aliphatic hydroxyl groups is 2. The quantitative estimate of drug-likeness (QED) is 0.744. The standard InChI is InChI=1S/C24H29NO4/c26-19-6-7-23-20(13-19)21(27)14-24(29-23)8-10-25(11-9-24)15-22(28)18-5-4-16-2-1-3-17(16)12-18/h4-7,12-13,21-22,26-28H,1-3,8-11,14-15H2/t21-,22+/m0/s1. The van der Waals surface area contributed by atoms with Crippen molar-refractivity contribution in [3.8, 4) is 11.5 Å². The molecule has 2 aromatic carbocycles. The average molecular weight is 395 g/mol. The minimum absolute atomic E-state index is 0.151. The summed E-state index contributed by atoms with van der Waals surface area (Å²) in [6.45, 7) is 2.30. The van der Waals surface area contributed by atoms with Gasteiger partial charge in [-0.25, -0.2) is 0 Å². The number of likely N-dealkylation sites (tertiary alicyclic amines) is 1. The highest BCUT2D eigenvalue weighted by molar-refractivity contribution is 5.43. The maximum atomic E-state index is 10.8. The van der Waals surface area contributed by atoms with E-state index in [-0.39, 0.29) is 11.4 Å². The third-order valence-electron chi connectivity index (χ3n) is 6.95. The number of aryl methyl sites for hydroxylation is 2. The van der Waals surface area contributed by atoms with E-state index >= 15 is 0 Å². The van der Waals surface area contributed by atoms with Crippen LogP contribution in [0.5, 0.6) is 11.5 Å². The monoisotopic (exact) mass is 395 g/mol. The number of aliphatic hydroxyl groups excluding tert-OH is 2. The largest absolute Gasteiger partial charge is 0.508 e. The maximum Gasteiger partial charge on any atom is 0.126 e. The molecule has 5 rings (SSSR count). The number of ether oxygens (including phenoxy) is 1. The minimum Gasteiger partial charge on any atom is -0.508 e. The Hall–Kier alpha value is -2.08. The Labute approximate surface area is 171 Å². The molecule has 29 heavy (non-hydrogen) atoms. The van der Waals surface area contributed by atoms with E-state index in [1.54, 1.807) is 18.2 Å². The van der Waals surface area contributed by atoms with Gasteiger partial charge in [-0.05, 0) is 67.0 Å². The van der Waals surface area contributed by atoms with Crippen LogP contribution < -0.4 is 4.74 Å². The fraction of sp³-hybridized carbons (Fsp3) is 0.500. The molecule has 0 saturated carbocycles. The van der Waals surface area contributed by atoms with Gasteiger partial charge in [0, 0.05) is 31.6 Å². The Morgan fingerprint density at radius 3 is 2.69 bits per heavy atom. The molecule has 1 saturated heterocycles. The predicted octanol–water partition coefficient (Wildman–Crippen LogP) is 3.27. The molecule has 2 heterocycles. The molecule has 154 valence electrons. The third kappa shape index (κ3) is 3.63. The van der Waals surface area contributed by atoms with Gasteiger partial charge in [-0.1, -0.05) is 18.2 Å².